The Morgan fingerprint density at radius 1 is 1.53 bits per heavy atom. The summed E-state index contributed by atoms with van der Waals surface area (Å²) in [6, 6.07) is 4.52. The Labute approximate surface area is 110 Å². The largest absolute Gasteiger partial charge is 0.379 e. The molecule has 92 valence electrons. The zero-order valence-corrected chi connectivity index (χ0v) is 10.9. The summed E-state index contributed by atoms with van der Waals surface area (Å²) in [5, 5.41) is 0.869. The molecule has 1 fully saturated rings. The maximum absolute atomic E-state index is 12.4. The van der Waals surface area contributed by atoms with Crippen molar-refractivity contribution >= 4 is 29.0 Å². The molecule has 0 aromatic heterocycles. The quantitative estimate of drug-likeness (QED) is 0.843. The SMILES string of the molecule is CC1(C(=O)c2cc(Cl)ccc2Cl)COCC1N. The first-order valence-electron chi connectivity index (χ1n) is 5.28. The van der Waals surface area contributed by atoms with Gasteiger partial charge in [-0.15, -0.1) is 0 Å². The van der Waals surface area contributed by atoms with Gasteiger partial charge in [-0.25, -0.2) is 0 Å². The third-order valence-electron chi connectivity index (χ3n) is 3.21. The van der Waals surface area contributed by atoms with Crippen LogP contribution in [-0.4, -0.2) is 25.0 Å². The van der Waals surface area contributed by atoms with Crippen LogP contribution in [0, 0.1) is 5.41 Å². The second kappa shape index (κ2) is 4.58. The van der Waals surface area contributed by atoms with Crippen molar-refractivity contribution in [2.75, 3.05) is 13.2 Å². The number of ether oxygens (including phenoxy) is 1. The van der Waals surface area contributed by atoms with Crippen molar-refractivity contribution in [1.29, 1.82) is 0 Å². The molecule has 0 bridgehead atoms. The Hall–Kier alpha value is -0.610. The van der Waals surface area contributed by atoms with Crippen LogP contribution in [0.5, 0.6) is 0 Å². The van der Waals surface area contributed by atoms with Crippen molar-refractivity contribution in [3.8, 4) is 0 Å². The van der Waals surface area contributed by atoms with E-state index in [1.165, 1.54) is 0 Å². The molecule has 3 nitrogen and oxygen atoms in total. The number of hydrogen-bond acceptors (Lipinski definition) is 3. The Kier molecular flexibility index (Phi) is 3.46. The van der Waals surface area contributed by atoms with Crippen LogP contribution < -0.4 is 5.73 Å². The van der Waals surface area contributed by atoms with Crippen LogP contribution in [0.15, 0.2) is 18.2 Å². The first-order chi connectivity index (χ1) is 7.95. The Balaban J connectivity index is 2.40. The number of ketones is 1. The number of Topliss-reactive ketones (excluding diaryl/α,β-unsaturated/α-hetero) is 1. The van der Waals surface area contributed by atoms with Gasteiger partial charge in [0.15, 0.2) is 5.78 Å². The van der Waals surface area contributed by atoms with Crippen LogP contribution in [0.1, 0.15) is 17.3 Å². The molecule has 1 heterocycles. The second-order valence-corrected chi connectivity index (χ2v) is 5.34. The molecule has 0 aliphatic carbocycles. The lowest BCUT2D eigenvalue weighted by Gasteiger charge is -2.25. The summed E-state index contributed by atoms with van der Waals surface area (Å²) in [4.78, 5) is 12.4. The summed E-state index contributed by atoms with van der Waals surface area (Å²) < 4.78 is 5.26. The van der Waals surface area contributed by atoms with Crippen LogP contribution in [-0.2, 0) is 4.74 Å². The van der Waals surface area contributed by atoms with E-state index >= 15 is 0 Å². The lowest BCUT2D eigenvalue weighted by Crippen LogP contribution is -2.44. The molecular weight excluding hydrogens is 261 g/mol. The summed E-state index contributed by atoms with van der Waals surface area (Å²) in [6.07, 6.45) is 0. The van der Waals surface area contributed by atoms with E-state index in [0.717, 1.165) is 0 Å². The molecule has 0 amide bonds. The minimum atomic E-state index is -0.728. The van der Waals surface area contributed by atoms with E-state index in [1.807, 2.05) is 0 Å². The molecule has 0 saturated carbocycles. The van der Waals surface area contributed by atoms with Crippen LogP contribution >= 0.6 is 23.2 Å². The fourth-order valence-electron chi connectivity index (χ4n) is 1.90. The van der Waals surface area contributed by atoms with E-state index in [2.05, 4.69) is 0 Å². The molecule has 1 aromatic rings. The first kappa shape index (κ1) is 12.8. The maximum atomic E-state index is 12.4. The van der Waals surface area contributed by atoms with E-state index in [0.29, 0.717) is 28.8 Å². The zero-order valence-electron chi connectivity index (χ0n) is 9.37. The molecule has 2 unspecified atom stereocenters. The van der Waals surface area contributed by atoms with E-state index in [9.17, 15) is 4.79 Å². The molecule has 2 N–H and O–H groups in total. The Morgan fingerprint density at radius 3 is 2.82 bits per heavy atom. The van der Waals surface area contributed by atoms with E-state index in [4.69, 9.17) is 33.7 Å². The van der Waals surface area contributed by atoms with Gasteiger partial charge in [-0.1, -0.05) is 23.2 Å². The summed E-state index contributed by atoms with van der Waals surface area (Å²) in [5.74, 6) is -0.116. The molecule has 17 heavy (non-hydrogen) atoms. The number of carbonyl (C=O) groups is 1. The number of carbonyl (C=O) groups excluding carboxylic acids is 1. The van der Waals surface area contributed by atoms with Crippen LogP contribution in [0.4, 0.5) is 0 Å². The highest BCUT2D eigenvalue weighted by Crippen LogP contribution is 2.34. The van der Waals surface area contributed by atoms with Crippen LogP contribution in [0.3, 0.4) is 0 Å². The fraction of sp³-hybridized carbons (Fsp3) is 0.417. The minimum absolute atomic E-state index is 0.116. The molecule has 1 aromatic carbocycles. The van der Waals surface area contributed by atoms with Crippen LogP contribution in [0.2, 0.25) is 10.0 Å². The van der Waals surface area contributed by atoms with E-state index < -0.39 is 5.41 Å². The molecular formula is C12H13Cl2NO2. The van der Waals surface area contributed by atoms with Gasteiger partial charge < -0.3 is 10.5 Å². The van der Waals surface area contributed by atoms with Gasteiger partial charge in [0.25, 0.3) is 0 Å². The average Bonchev–Trinajstić information content (AvgIpc) is 2.63. The van der Waals surface area contributed by atoms with Gasteiger partial charge in [-0.3, -0.25) is 4.79 Å². The number of rotatable bonds is 2. The topological polar surface area (TPSA) is 52.3 Å². The number of benzene rings is 1. The average molecular weight is 274 g/mol. The highest BCUT2D eigenvalue weighted by atomic mass is 35.5. The number of halogens is 2. The fourth-order valence-corrected chi connectivity index (χ4v) is 2.28. The molecule has 1 saturated heterocycles. The summed E-state index contributed by atoms with van der Waals surface area (Å²) in [6.45, 7) is 2.50. The van der Waals surface area contributed by atoms with Crippen molar-refractivity contribution < 1.29 is 9.53 Å². The number of nitrogens with two attached hydrogens (primary N) is 1. The van der Waals surface area contributed by atoms with Gasteiger partial charge in [0, 0.05) is 16.6 Å². The van der Waals surface area contributed by atoms with Crippen molar-refractivity contribution in [3.63, 3.8) is 0 Å². The molecule has 0 spiro atoms. The monoisotopic (exact) mass is 273 g/mol. The Morgan fingerprint density at radius 2 is 2.24 bits per heavy atom. The van der Waals surface area contributed by atoms with Crippen molar-refractivity contribution in [2.45, 2.75) is 13.0 Å². The van der Waals surface area contributed by atoms with Gasteiger partial charge in [0.2, 0.25) is 0 Å². The predicted octanol–water partition coefficient (Wildman–Crippen LogP) is 2.54. The normalized spacial score (nSPS) is 28.4. The lowest BCUT2D eigenvalue weighted by molar-refractivity contribution is 0.0768. The zero-order chi connectivity index (χ0) is 12.6. The van der Waals surface area contributed by atoms with Crippen LogP contribution in [0.25, 0.3) is 0 Å². The molecule has 2 atom stereocenters. The molecule has 0 radical (unpaired) electrons. The Bertz CT molecular complexity index is 464. The van der Waals surface area contributed by atoms with Gasteiger partial charge in [0.05, 0.1) is 23.7 Å². The van der Waals surface area contributed by atoms with E-state index in [-0.39, 0.29) is 11.8 Å². The van der Waals surface area contributed by atoms with Crippen molar-refractivity contribution in [2.24, 2.45) is 11.1 Å². The summed E-state index contributed by atoms with van der Waals surface area (Å²) >= 11 is 11.9. The molecule has 2 rings (SSSR count). The van der Waals surface area contributed by atoms with Crippen molar-refractivity contribution in [1.82, 2.24) is 0 Å². The van der Waals surface area contributed by atoms with Gasteiger partial charge in [-0.2, -0.15) is 0 Å². The molecule has 1 aliphatic rings. The van der Waals surface area contributed by atoms with Gasteiger partial charge in [-0.05, 0) is 25.1 Å². The summed E-state index contributed by atoms with van der Waals surface area (Å²) in [5.41, 5.74) is 5.60. The third kappa shape index (κ3) is 2.20. The smallest absolute Gasteiger partial charge is 0.174 e. The first-order valence-corrected chi connectivity index (χ1v) is 6.04. The maximum Gasteiger partial charge on any atom is 0.174 e. The third-order valence-corrected chi connectivity index (χ3v) is 3.77. The number of hydrogen-bond donors (Lipinski definition) is 1. The standard InChI is InChI=1S/C12H13Cl2NO2/c1-12(6-17-5-10(12)15)11(16)8-4-7(13)2-3-9(8)14/h2-4,10H,5-6,15H2,1H3. The predicted molar refractivity (Wildman–Crippen MR) is 67.7 cm³/mol. The molecule has 1 aliphatic heterocycles. The summed E-state index contributed by atoms with van der Waals surface area (Å²) in [7, 11) is 0. The van der Waals surface area contributed by atoms with E-state index in [1.54, 1.807) is 25.1 Å². The lowest BCUT2D eigenvalue weighted by atomic mass is 9.78. The van der Waals surface area contributed by atoms with Gasteiger partial charge >= 0.3 is 0 Å². The second-order valence-electron chi connectivity index (χ2n) is 4.49. The highest BCUT2D eigenvalue weighted by Gasteiger charge is 2.45. The molecule has 5 heteroatoms. The van der Waals surface area contributed by atoms with Crippen molar-refractivity contribution in [3.05, 3.63) is 33.8 Å². The highest BCUT2D eigenvalue weighted by molar-refractivity contribution is 6.36. The van der Waals surface area contributed by atoms with Gasteiger partial charge in [0.1, 0.15) is 0 Å². The minimum Gasteiger partial charge on any atom is -0.379 e.